The van der Waals surface area contributed by atoms with Crippen molar-refractivity contribution >= 4 is 15.9 Å². The highest BCUT2D eigenvalue weighted by molar-refractivity contribution is 9.10. The number of hydrogen-bond acceptors (Lipinski definition) is 2. The highest BCUT2D eigenvalue weighted by Gasteiger charge is 2.49. The van der Waals surface area contributed by atoms with E-state index in [0.29, 0.717) is 16.1 Å². The van der Waals surface area contributed by atoms with Crippen molar-refractivity contribution in [3.8, 4) is 5.75 Å². The van der Waals surface area contributed by atoms with Crippen LogP contribution in [0.3, 0.4) is 0 Å². The van der Waals surface area contributed by atoms with E-state index in [1.807, 2.05) is 0 Å². The Labute approximate surface area is 109 Å². The van der Waals surface area contributed by atoms with Gasteiger partial charge in [0, 0.05) is 17.7 Å². The summed E-state index contributed by atoms with van der Waals surface area (Å²) >= 11 is 3.19. The molecule has 0 saturated heterocycles. The molecular formula is C13H17BrFNO. The smallest absolute Gasteiger partial charge is 0.141 e. The van der Waals surface area contributed by atoms with Crippen LogP contribution in [0.5, 0.6) is 5.75 Å². The predicted molar refractivity (Wildman–Crippen MR) is 69.5 cm³/mol. The third kappa shape index (κ3) is 2.33. The first-order valence-corrected chi connectivity index (χ1v) is 6.44. The molecule has 17 heavy (non-hydrogen) atoms. The quantitative estimate of drug-likeness (QED) is 0.925. The molecule has 2 nitrogen and oxygen atoms in total. The Kier molecular flexibility index (Phi) is 3.21. The van der Waals surface area contributed by atoms with Gasteiger partial charge in [0.1, 0.15) is 11.6 Å². The molecule has 0 bridgehead atoms. The maximum Gasteiger partial charge on any atom is 0.141 e. The van der Waals surface area contributed by atoms with Gasteiger partial charge < -0.3 is 10.5 Å². The molecule has 0 spiro atoms. The highest BCUT2D eigenvalue weighted by atomic mass is 79.9. The van der Waals surface area contributed by atoms with Gasteiger partial charge in [0.25, 0.3) is 0 Å². The van der Waals surface area contributed by atoms with Gasteiger partial charge in [-0.3, -0.25) is 0 Å². The fourth-order valence-electron chi connectivity index (χ4n) is 2.32. The van der Waals surface area contributed by atoms with Gasteiger partial charge in [0.15, 0.2) is 0 Å². The van der Waals surface area contributed by atoms with E-state index in [-0.39, 0.29) is 17.3 Å². The van der Waals surface area contributed by atoms with Crippen molar-refractivity contribution in [2.45, 2.75) is 26.3 Å². The molecule has 2 rings (SSSR count). The molecule has 0 amide bonds. The maximum atomic E-state index is 13.4. The largest absolute Gasteiger partial charge is 0.496 e. The molecule has 2 N–H and O–H groups in total. The second-order valence-corrected chi connectivity index (χ2v) is 6.19. The number of benzene rings is 1. The average Bonchev–Trinajstić information content (AvgIpc) is 2.90. The Morgan fingerprint density at radius 2 is 2.12 bits per heavy atom. The zero-order valence-corrected chi connectivity index (χ0v) is 11.8. The summed E-state index contributed by atoms with van der Waals surface area (Å²) in [5.74, 6) is 0.641. The van der Waals surface area contributed by atoms with Gasteiger partial charge in [-0.25, -0.2) is 4.39 Å². The van der Waals surface area contributed by atoms with Gasteiger partial charge in [-0.2, -0.15) is 0 Å². The van der Waals surface area contributed by atoms with E-state index < -0.39 is 0 Å². The van der Waals surface area contributed by atoms with Gasteiger partial charge >= 0.3 is 0 Å². The Balaban J connectivity index is 2.34. The minimum Gasteiger partial charge on any atom is -0.496 e. The third-order valence-corrected chi connectivity index (χ3v) is 4.26. The summed E-state index contributed by atoms with van der Waals surface area (Å²) < 4.78 is 19.1. The molecule has 1 aliphatic rings. The maximum absolute atomic E-state index is 13.4. The van der Waals surface area contributed by atoms with Crippen LogP contribution in [0.2, 0.25) is 0 Å². The molecule has 1 fully saturated rings. The highest BCUT2D eigenvalue weighted by Crippen LogP contribution is 2.57. The van der Waals surface area contributed by atoms with E-state index in [0.717, 1.165) is 12.0 Å². The molecule has 94 valence electrons. The minimum atomic E-state index is -0.326. The van der Waals surface area contributed by atoms with E-state index >= 15 is 0 Å². The zero-order chi connectivity index (χ0) is 12.8. The lowest BCUT2D eigenvalue weighted by Crippen LogP contribution is -2.16. The van der Waals surface area contributed by atoms with E-state index in [4.69, 9.17) is 10.5 Å². The monoisotopic (exact) mass is 301 g/mol. The molecule has 1 aromatic rings. The summed E-state index contributed by atoms with van der Waals surface area (Å²) in [5, 5.41) is 0. The normalized spacial score (nSPS) is 23.3. The van der Waals surface area contributed by atoms with Crippen molar-refractivity contribution in [3.63, 3.8) is 0 Å². The van der Waals surface area contributed by atoms with E-state index in [1.54, 1.807) is 6.07 Å². The Bertz CT molecular complexity index is 447. The first-order valence-electron chi connectivity index (χ1n) is 5.65. The van der Waals surface area contributed by atoms with E-state index in [2.05, 4.69) is 29.8 Å². The summed E-state index contributed by atoms with van der Waals surface area (Å²) in [6.45, 7) is 4.39. The van der Waals surface area contributed by atoms with Crippen molar-refractivity contribution in [1.82, 2.24) is 0 Å². The fraction of sp³-hybridized carbons (Fsp3) is 0.538. The number of hydrogen-bond donors (Lipinski definition) is 1. The predicted octanol–water partition coefficient (Wildman–Crippen LogP) is 3.64. The summed E-state index contributed by atoms with van der Waals surface area (Å²) in [6, 6.07) is 3.01. The molecule has 4 heteroatoms. The second kappa shape index (κ2) is 4.25. The summed E-state index contributed by atoms with van der Waals surface area (Å²) in [6.07, 6.45) is 1.10. The van der Waals surface area contributed by atoms with Crippen LogP contribution in [0.25, 0.3) is 0 Å². The van der Waals surface area contributed by atoms with Crippen molar-refractivity contribution in [1.29, 1.82) is 0 Å². The topological polar surface area (TPSA) is 35.2 Å². The zero-order valence-electron chi connectivity index (χ0n) is 10.3. The van der Waals surface area contributed by atoms with Crippen LogP contribution in [0.1, 0.15) is 31.9 Å². The number of methoxy groups -OCH3 is 1. The van der Waals surface area contributed by atoms with Crippen LogP contribution in [-0.4, -0.2) is 7.11 Å². The van der Waals surface area contributed by atoms with Crippen molar-refractivity contribution in [2.24, 2.45) is 17.1 Å². The molecular weight excluding hydrogens is 285 g/mol. The molecule has 2 unspecified atom stereocenters. The van der Waals surface area contributed by atoms with Crippen LogP contribution in [0.4, 0.5) is 4.39 Å². The molecule has 2 atom stereocenters. The fourth-order valence-corrected chi connectivity index (χ4v) is 2.68. The molecule has 0 heterocycles. The van der Waals surface area contributed by atoms with Crippen LogP contribution in [-0.2, 0) is 0 Å². The van der Waals surface area contributed by atoms with Crippen LogP contribution < -0.4 is 10.5 Å². The Morgan fingerprint density at radius 1 is 1.53 bits per heavy atom. The summed E-state index contributed by atoms with van der Waals surface area (Å²) in [7, 11) is 1.54. The lowest BCUT2D eigenvalue weighted by molar-refractivity contribution is 0.393. The second-order valence-electron chi connectivity index (χ2n) is 5.33. The van der Waals surface area contributed by atoms with Gasteiger partial charge in [-0.1, -0.05) is 13.8 Å². The van der Waals surface area contributed by atoms with Crippen molar-refractivity contribution in [2.75, 3.05) is 7.11 Å². The van der Waals surface area contributed by atoms with Gasteiger partial charge in [-0.15, -0.1) is 0 Å². The number of ether oxygens (including phenoxy) is 1. The molecule has 1 aliphatic carbocycles. The lowest BCUT2D eigenvalue weighted by Gasteiger charge is -2.18. The van der Waals surface area contributed by atoms with Crippen LogP contribution >= 0.6 is 15.9 Å². The molecule has 0 radical (unpaired) electrons. The van der Waals surface area contributed by atoms with Gasteiger partial charge in [0.05, 0.1) is 11.6 Å². The standard InChI is InChI=1S/C13H17BrFNO/c1-13(2)6-8(13)12(16)7-4-9(14)10(15)5-11(7)17-3/h4-5,8,12H,6,16H2,1-3H3. The third-order valence-electron chi connectivity index (χ3n) is 3.65. The van der Waals surface area contributed by atoms with E-state index in [9.17, 15) is 4.39 Å². The number of nitrogens with two attached hydrogens (primary N) is 1. The summed E-state index contributed by atoms with van der Waals surface area (Å²) in [5.41, 5.74) is 7.40. The Hall–Kier alpha value is -0.610. The first-order chi connectivity index (χ1) is 7.86. The Morgan fingerprint density at radius 3 is 2.59 bits per heavy atom. The molecule has 0 aliphatic heterocycles. The SMILES string of the molecule is COc1cc(F)c(Br)cc1C(N)C1CC1(C)C. The van der Waals surface area contributed by atoms with Crippen molar-refractivity contribution in [3.05, 3.63) is 28.0 Å². The van der Waals surface area contributed by atoms with Crippen LogP contribution in [0, 0.1) is 17.2 Å². The first kappa shape index (κ1) is 12.8. The summed E-state index contributed by atoms with van der Waals surface area (Å²) in [4.78, 5) is 0. The lowest BCUT2D eigenvalue weighted by atomic mass is 9.97. The molecule has 1 aromatic carbocycles. The molecule has 1 saturated carbocycles. The number of rotatable bonds is 3. The van der Waals surface area contributed by atoms with Crippen LogP contribution in [0.15, 0.2) is 16.6 Å². The van der Waals surface area contributed by atoms with Gasteiger partial charge in [-0.05, 0) is 39.8 Å². The average molecular weight is 302 g/mol. The van der Waals surface area contributed by atoms with E-state index in [1.165, 1.54) is 13.2 Å². The van der Waals surface area contributed by atoms with Crippen molar-refractivity contribution < 1.29 is 9.13 Å². The number of halogens is 2. The van der Waals surface area contributed by atoms with Gasteiger partial charge in [0.2, 0.25) is 0 Å². The molecule has 0 aromatic heterocycles. The minimum absolute atomic E-state index is 0.100.